The van der Waals surface area contributed by atoms with Crippen LogP contribution < -0.4 is 5.32 Å². The van der Waals surface area contributed by atoms with Gasteiger partial charge in [0.05, 0.1) is 11.5 Å². The van der Waals surface area contributed by atoms with E-state index in [9.17, 15) is 10.1 Å². The van der Waals surface area contributed by atoms with Gasteiger partial charge in [-0.15, -0.1) is 0 Å². The van der Waals surface area contributed by atoms with E-state index in [4.69, 9.17) is 4.74 Å². The predicted octanol–water partition coefficient (Wildman–Crippen LogP) is 3.13. The number of hydrogen-bond acceptors (Lipinski definition) is 4. The van der Waals surface area contributed by atoms with E-state index in [1.165, 1.54) is 0 Å². The maximum Gasteiger partial charge on any atom is 0.271 e. The summed E-state index contributed by atoms with van der Waals surface area (Å²) >= 11 is 0. The van der Waals surface area contributed by atoms with Crippen LogP contribution in [0, 0.1) is 17.0 Å². The van der Waals surface area contributed by atoms with Gasteiger partial charge in [0.2, 0.25) is 0 Å². The number of rotatable bonds is 7. The molecule has 0 aromatic heterocycles. The number of anilines is 1. The van der Waals surface area contributed by atoms with Gasteiger partial charge in [0.25, 0.3) is 5.69 Å². The highest BCUT2D eigenvalue weighted by molar-refractivity contribution is 5.54. The van der Waals surface area contributed by atoms with Crippen molar-refractivity contribution in [3.63, 3.8) is 0 Å². The second-order valence-corrected chi connectivity index (χ2v) is 4.40. The Kier molecular flexibility index (Phi) is 5.58. The van der Waals surface area contributed by atoms with Gasteiger partial charge in [-0.2, -0.15) is 0 Å². The molecule has 0 heterocycles. The molecule has 5 nitrogen and oxygen atoms in total. The molecule has 1 atom stereocenters. The number of methoxy groups -OCH3 is 1. The van der Waals surface area contributed by atoms with Crippen LogP contribution in [0.5, 0.6) is 0 Å². The standard InChI is InChI=1S/C13H20N2O3/c1-4-5-11(9-18-3)14-12-6-10(2)7-13(8-12)15(16)17/h6-8,11,14H,4-5,9H2,1-3H3. The number of nitro groups is 1. The molecule has 18 heavy (non-hydrogen) atoms. The van der Waals surface area contributed by atoms with Crippen LogP contribution in [0.3, 0.4) is 0 Å². The molecular weight excluding hydrogens is 232 g/mol. The minimum absolute atomic E-state index is 0.116. The highest BCUT2D eigenvalue weighted by Gasteiger charge is 2.11. The Hall–Kier alpha value is -1.62. The van der Waals surface area contributed by atoms with Crippen molar-refractivity contribution in [3.8, 4) is 0 Å². The second kappa shape index (κ2) is 6.96. The first-order valence-corrected chi connectivity index (χ1v) is 6.08. The van der Waals surface area contributed by atoms with Crippen LogP contribution in [0.1, 0.15) is 25.3 Å². The van der Waals surface area contributed by atoms with Crippen LogP contribution in [0.25, 0.3) is 0 Å². The number of aryl methyl sites for hydroxylation is 1. The van der Waals surface area contributed by atoms with Crippen LogP contribution in [0.4, 0.5) is 11.4 Å². The first-order chi connectivity index (χ1) is 8.56. The molecular formula is C13H20N2O3. The highest BCUT2D eigenvalue weighted by atomic mass is 16.6. The maximum atomic E-state index is 10.8. The van der Waals surface area contributed by atoms with E-state index >= 15 is 0 Å². The van der Waals surface area contributed by atoms with Gasteiger partial charge in [-0.3, -0.25) is 10.1 Å². The Balaban J connectivity index is 2.84. The van der Waals surface area contributed by atoms with E-state index in [1.807, 2.05) is 13.0 Å². The Morgan fingerprint density at radius 3 is 2.72 bits per heavy atom. The Morgan fingerprint density at radius 1 is 1.44 bits per heavy atom. The zero-order valence-electron chi connectivity index (χ0n) is 11.1. The fourth-order valence-corrected chi connectivity index (χ4v) is 1.93. The van der Waals surface area contributed by atoms with E-state index in [-0.39, 0.29) is 16.7 Å². The van der Waals surface area contributed by atoms with Crippen LogP contribution in [0.2, 0.25) is 0 Å². The lowest BCUT2D eigenvalue weighted by molar-refractivity contribution is -0.384. The van der Waals surface area contributed by atoms with Gasteiger partial charge in [-0.05, 0) is 25.0 Å². The highest BCUT2D eigenvalue weighted by Crippen LogP contribution is 2.21. The topological polar surface area (TPSA) is 64.4 Å². The minimum Gasteiger partial charge on any atom is -0.383 e. The van der Waals surface area contributed by atoms with Crippen molar-refractivity contribution in [1.82, 2.24) is 0 Å². The Labute approximate surface area is 107 Å². The number of ether oxygens (including phenoxy) is 1. The first-order valence-electron chi connectivity index (χ1n) is 6.08. The van der Waals surface area contributed by atoms with Crippen molar-refractivity contribution in [1.29, 1.82) is 0 Å². The third-order valence-corrected chi connectivity index (χ3v) is 2.65. The monoisotopic (exact) mass is 252 g/mol. The first kappa shape index (κ1) is 14.4. The smallest absolute Gasteiger partial charge is 0.271 e. The molecule has 0 spiro atoms. The lowest BCUT2D eigenvalue weighted by atomic mass is 10.1. The fourth-order valence-electron chi connectivity index (χ4n) is 1.93. The van der Waals surface area contributed by atoms with Crippen LogP contribution in [-0.4, -0.2) is 24.7 Å². The largest absolute Gasteiger partial charge is 0.383 e. The van der Waals surface area contributed by atoms with E-state index in [0.717, 1.165) is 24.1 Å². The van der Waals surface area contributed by atoms with Crippen molar-refractivity contribution >= 4 is 11.4 Å². The van der Waals surface area contributed by atoms with Crippen molar-refractivity contribution < 1.29 is 9.66 Å². The Bertz CT molecular complexity index is 401. The fraction of sp³-hybridized carbons (Fsp3) is 0.538. The average Bonchev–Trinajstić information content (AvgIpc) is 2.28. The third-order valence-electron chi connectivity index (χ3n) is 2.65. The second-order valence-electron chi connectivity index (χ2n) is 4.40. The van der Waals surface area contributed by atoms with Gasteiger partial charge >= 0.3 is 0 Å². The number of nitro benzene ring substituents is 1. The molecule has 0 radical (unpaired) electrons. The van der Waals surface area contributed by atoms with E-state index in [0.29, 0.717) is 6.61 Å². The minimum atomic E-state index is -0.372. The summed E-state index contributed by atoms with van der Waals surface area (Å²) in [6.45, 7) is 4.54. The molecule has 1 aromatic rings. The molecule has 0 aliphatic rings. The lowest BCUT2D eigenvalue weighted by Gasteiger charge is -2.18. The number of non-ortho nitro benzene ring substituents is 1. The summed E-state index contributed by atoms with van der Waals surface area (Å²) in [7, 11) is 1.66. The van der Waals surface area contributed by atoms with Crippen LogP contribution in [-0.2, 0) is 4.74 Å². The number of nitrogens with zero attached hydrogens (tertiary/aromatic N) is 1. The summed E-state index contributed by atoms with van der Waals surface area (Å²) in [6, 6.07) is 5.22. The van der Waals surface area contributed by atoms with Gasteiger partial charge in [0, 0.05) is 31.0 Å². The van der Waals surface area contributed by atoms with E-state index in [2.05, 4.69) is 12.2 Å². The maximum absolute atomic E-state index is 10.8. The molecule has 0 aliphatic carbocycles. The molecule has 1 rings (SSSR count). The summed E-state index contributed by atoms with van der Waals surface area (Å²) < 4.78 is 5.14. The number of benzene rings is 1. The van der Waals surface area contributed by atoms with Crippen molar-refractivity contribution in [2.24, 2.45) is 0 Å². The van der Waals surface area contributed by atoms with Crippen LogP contribution in [0.15, 0.2) is 18.2 Å². The van der Waals surface area contributed by atoms with Crippen molar-refractivity contribution in [2.75, 3.05) is 19.0 Å². The summed E-state index contributed by atoms with van der Waals surface area (Å²) in [5, 5.41) is 14.1. The normalized spacial score (nSPS) is 12.2. The molecule has 0 amide bonds. The average molecular weight is 252 g/mol. The lowest BCUT2D eigenvalue weighted by Crippen LogP contribution is -2.24. The van der Waals surface area contributed by atoms with Gasteiger partial charge in [-0.25, -0.2) is 0 Å². The van der Waals surface area contributed by atoms with Gasteiger partial charge in [0.1, 0.15) is 0 Å². The summed E-state index contributed by atoms with van der Waals surface area (Å²) in [6.07, 6.45) is 2.00. The SMILES string of the molecule is CCCC(COC)Nc1cc(C)cc([N+](=O)[O-])c1. The zero-order valence-corrected chi connectivity index (χ0v) is 11.1. The third kappa shape index (κ3) is 4.33. The molecule has 0 aliphatic heterocycles. The van der Waals surface area contributed by atoms with Gasteiger partial charge in [-0.1, -0.05) is 13.3 Å². The molecule has 0 fully saturated rings. The molecule has 0 saturated heterocycles. The van der Waals surface area contributed by atoms with Crippen molar-refractivity contribution in [3.05, 3.63) is 33.9 Å². The molecule has 1 aromatic carbocycles. The van der Waals surface area contributed by atoms with Gasteiger partial charge in [0.15, 0.2) is 0 Å². The van der Waals surface area contributed by atoms with Crippen molar-refractivity contribution in [2.45, 2.75) is 32.7 Å². The van der Waals surface area contributed by atoms with Crippen LogP contribution >= 0.6 is 0 Å². The summed E-state index contributed by atoms with van der Waals surface area (Å²) in [5.74, 6) is 0. The summed E-state index contributed by atoms with van der Waals surface area (Å²) in [5.41, 5.74) is 1.77. The molecule has 0 saturated carbocycles. The molecule has 5 heteroatoms. The molecule has 0 bridgehead atoms. The number of nitrogens with one attached hydrogen (secondary N) is 1. The van der Waals surface area contributed by atoms with E-state index < -0.39 is 0 Å². The molecule has 100 valence electrons. The van der Waals surface area contributed by atoms with Gasteiger partial charge < -0.3 is 10.1 Å². The van der Waals surface area contributed by atoms with E-state index in [1.54, 1.807) is 19.2 Å². The quantitative estimate of drug-likeness (QED) is 0.598. The Morgan fingerprint density at radius 2 is 2.17 bits per heavy atom. The molecule has 1 N–H and O–H groups in total. The number of hydrogen-bond donors (Lipinski definition) is 1. The zero-order chi connectivity index (χ0) is 13.5. The molecule has 1 unspecified atom stereocenters. The predicted molar refractivity (Wildman–Crippen MR) is 72.0 cm³/mol. The summed E-state index contributed by atoms with van der Waals surface area (Å²) in [4.78, 5) is 10.4.